The smallest absolute Gasteiger partial charge is 0.101 e. The normalized spacial score (nSPS) is 13.9. The highest BCUT2D eigenvalue weighted by molar-refractivity contribution is 9.10. The SMILES string of the molecule is CCC(C)C(C)Nc1cc(Br)ccc1C#N. The van der Waals surface area contributed by atoms with Crippen molar-refractivity contribution in [3.63, 3.8) is 0 Å². The Morgan fingerprint density at radius 3 is 2.69 bits per heavy atom. The van der Waals surface area contributed by atoms with Crippen molar-refractivity contribution in [1.82, 2.24) is 0 Å². The summed E-state index contributed by atoms with van der Waals surface area (Å²) in [6, 6.07) is 8.24. The van der Waals surface area contributed by atoms with E-state index in [2.05, 4.69) is 48.1 Å². The number of halogens is 1. The average molecular weight is 281 g/mol. The molecular weight excluding hydrogens is 264 g/mol. The van der Waals surface area contributed by atoms with Crippen LogP contribution in [0.5, 0.6) is 0 Å². The van der Waals surface area contributed by atoms with Crippen LogP contribution in [0, 0.1) is 17.2 Å². The zero-order valence-electron chi connectivity index (χ0n) is 9.92. The van der Waals surface area contributed by atoms with Gasteiger partial charge in [0.25, 0.3) is 0 Å². The Labute approximate surface area is 106 Å². The number of benzene rings is 1. The third-order valence-electron chi connectivity index (χ3n) is 2.98. The van der Waals surface area contributed by atoms with Gasteiger partial charge >= 0.3 is 0 Å². The van der Waals surface area contributed by atoms with Gasteiger partial charge in [0.05, 0.1) is 11.3 Å². The molecule has 2 atom stereocenters. The highest BCUT2D eigenvalue weighted by atomic mass is 79.9. The first kappa shape index (κ1) is 13.1. The summed E-state index contributed by atoms with van der Waals surface area (Å²) < 4.78 is 0.991. The average Bonchev–Trinajstić information content (AvgIpc) is 2.28. The molecular formula is C13H17BrN2. The molecule has 2 nitrogen and oxygen atoms in total. The monoisotopic (exact) mass is 280 g/mol. The Morgan fingerprint density at radius 1 is 1.44 bits per heavy atom. The van der Waals surface area contributed by atoms with Crippen LogP contribution in [0.3, 0.4) is 0 Å². The van der Waals surface area contributed by atoms with Gasteiger partial charge in [-0.05, 0) is 31.0 Å². The standard InChI is InChI=1S/C13H17BrN2/c1-4-9(2)10(3)16-13-7-12(14)6-5-11(13)8-15/h5-7,9-10,16H,4H2,1-3H3. The molecule has 0 amide bonds. The molecule has 0 fully saturated rings. The van der Waals surface area contributed by atoms with Crippen LogP contribution in [0.25, 0.3) is 0 Å². The number of nitrogens with zero attached hydrogens (tertiary/aromatic N) is 1. The molecule has 0 heterocycles. The van der Waals surface area contributed by atoms with Crippen molar-refractivity contribution in [3.05, 3.63) is 28.2 Å². The number of nitriles is 1. The minimum atomic E-state index is 0.367. The van der Waals surface area contributed by atoms with Crippen LogP contribution in [-0.4, -0.2) is 6.04 Å². The molecule has 0 bridgehead atoms. The van der Waals surface area contributed by atoms with E-state index in [0.29, 0.717) is 17.5 Å². The van der Waals surface area contributed by atoms with Gasteiger partial charge in [-0.3, -0.25) is 0 Å². The summed E-state index contributed by atoms with van der Waals surface area (Å²) in [5.41, 5.74) is 1.60. The summed E-state index contributed by atoms with van der Waals surface area (Å²) in [4.78, 5) is 0. The lowest BCUT2D eigenvalue weighted by Crippen LogP contribution is -2.23. The van der Waals surface area contributed by atoms with Gasteiger partial charge in [0.1, 0.15) is 6.07 Å². The molecule has 0 aliphatic rings. The van der Waals surface area contributed by atoms with E-state index in [1.807, 2.05) is 18.2 Å². The van der Waals surface area contributed by atoms with E-state index >= 15 is 0 Å². The second-order valence-electron chi connectivity index (χ2n) is 4.12. The summed E-state index contributed by atoms with van der Waals surface area (Å²) in [6.07, 6.45) is 1.13. The lowest BCUT2D eigenvalue weighted by Gasteiger charge is -2.21. The molecule has 2 unspecified atom stereocenters. The Hall–Kier alpha value is -1.01. The number of hydrogen-bond acceptors (Lipinski definition) is 2. The lowest BCUT2D eigenvalue weighted by molar-refractivity contribution is 0.494. The first-order chi connectivity index (χ1) is 7.58. The van der Waals surface area contributed by atoms with Gasteiger partial charge in [-0.1, -0.05) is 36.2 Å². The van der Waals surface area contributed by atoms with Crippen LogP contribution < -0.4 is 5.32 Å². The van der Waals surface area contributed by atoms with Gasteiger partial charge in [0, 0.05) is 10.5 Å². The maximum atomic E-state index is 9.01. The Bertz CT molecular complexity index is 395. The molecule has 0 saturated heterocycles. The van der Waals surface area contributed by atoms with Crippen molar-refractivity contribution in [1.29, 1.82) is 5.26 Å². The van der Waals surface area contributed by atoms with Crippen LogP contribution in [0.1, 0.15) is 32.8 Å². The van der Waals surface area contributed by atoms with E-state index in [1.54, 1.807) is 0 Å². The van der Waals surface area contributed by atoms with Gasteiger partial charge in [-0.25, -0.2) is 0 Å². The van der Waals surface area contributed by atoms with E-state index < -0.39 is 0 Å². The molecule has 0 aliphatic heterocycles. The van der Waals surface area contributed by atoms with Crippen LogP contribution in [0.4, 0.5) is 5.69 Å². The van der Waals surface area contributed by atoms with Crippen molar-refractivity contribution >= 4 is 21.6 Å². The fourth-order valence-electron chi connectivity index (χ4n) is 1.47. The molecule has 0 aliphatic carbocycles. The number of rotatable bonds is 4. The molecule has 0 saturated carbocycles. The second-order valence-corrected chi connectivity index (χ2v) is 5.04. The van der Waals surface area contributed by atoms with Crippen molar-refractivity contribution in [2.24, 2.45) is 5.92 Å². The van der Waals surface area contributed by atoms with Crippen molar-refractivity contribution < 1.29 is 0 Å². The predicted octanol–water partition coefficient (Wildman–Crippen LogP) is 4.17. The van der Waals surface area contributed by atoms with Gasteiger partial charge < -0.3 is 5.32 Å². The van der Waals surface area contributed by atoms with Crippen LogP contribution in [0.2, 0.25) is 0 Å². The van der Waals surface area contributed by atoms with Gasteiger partial charge in [0.2, 0.25) is 0 Å². The third-order valence-corrected chi connectivity index (χ3v) is 3.48. The maximum absolute atomic E-state index is 9.01. The van der Waals surface area contributed by atoms with Gasteiger partial charge in [-0.2, -0.15) is 5.26 Å². The van der Waals surface area contributed by atoms with Gasteiger partial charge in [-0.15, -0.1) is 0 Å². The first-order valence-corrected chi connectivity index (χ1v) is 6.34. The van der Waals surface area contributed by atoms with E-state index in [1.165, 1.54) is 0 Å². The largest absolute Gasteiger partial charge is 0.381 e. The molecule has 86 valence electrons. The third kappa shape index (κ3) is 3.24. The summed E-state index contributed by atoms with van der Waals surface area (Å²) in [5.74, 6) is 0.588. The maximum Gasteiger partial charge on any atom is 0.101 e. The van der Waals surface area contributed by atoms with Crippen molar-refractivity contribution in [2.45, 2.75) is 33.2 Å². The number of anilines is 1. The predicted molar refractivity (Wildman–Crippen MR) is 71.4 cm³/mol. The Kier molecular flexibility index (Phi) is 4.82. The van der Waals surface area contributed by atoms with Gasteiger partial charge in [0.15, 0.2) is 0 Å². The topological polar surface area (TPSA) is 35.8 Å². The zero-order chi connectivity index (χ0) is 12.1. The molecule has 0 aromatic heterocycles. The second kappa shape index (κ2) is 5.91. The number of nitrogens with one attached hydrogen (secondary N) is 1. The summed E-state index contributed by atoms with van der Waals surface area (Å²) in [6.45, 7) is 6.53. The minimum Gasteiger partial charge on any atom is -0.381 e. The quantitative estimate of drug-likeness (QED) is 0.899. The summed E-state index contributed by atoms with van der Waals surface area (Å²) in [7, 11) is 0. The fourth-order valence-corrected chi connectivity index (χ4v) is 1.84. The van der Waals surface area contributed by atoms with E-state index in [-0.39, 0.29) is 0 Å². The first-order valence-electron chi connectivity index (χ1n) is 5.54. The number of hydrogen-bond donors (Lipinski definition) is 1. The lowest BCUT2D eigenvalue weighted by atomic mass is 10.0. The summed E-state index contributed by atoms with van der Waals surface area (Å²) in [5, 5.41) is 12.4. The minimum absolute atomic E-state index is 0.367. The highest BCUT2D eigenvalue weighted by Gasteiger charge is 2.11. The van der Waals surface area contributed by atoms with Crippen molar-refractivity contribution in [3.8, 4) is 6.07 Å². The molecule has 1 rings (SSSR count). The molecule has 16 heavy (non-hydrogen) atoms. The molecule has 0 radical (unpaired) electrons. The molecule has 1 aromatic carbocycles. The Balaban J connectivity index is 2.88. The molecule has 3 heteroatoms. The van der Waals surface area contributed by atoms with E-state index in [4.69, 9.17) is 5.26 Å². The van der Waals surface area contributed by atoms with Crippen molar-refractivity contribution in [2.75, 3.05) is 5.32 Å². The molecule has 0 spiro atoms. The van der Waals surface area contributed by atoms with Crippen LogP contribution in [0.15, 0.2) is 22.7 Å². The molecule has 1 aromatic rings. The highest BCUT2D eigenvalue weighted by Crippen LogP contribution is 2.23. The van der Waals surface area contributed by atoms with E-state index in [9.17, 15) is 0 Å². The zero-order valence-corrected chi connectivity index (χ0v) is 11.5. The molecule has 1 N–H and O–H groups in total. The van der Waals surface area contributed by atoms with Crippen LogP contribution >= 0.6 is 15.9 Å². The Morgan fingerprint density at radius 2 is 2.12 bits per heavy atom. The van der Waals surface area contributed by atoms with Crippen LogP contribution in [-0.2, 0) is 0 Å². The van der Waals surface area contributed by atoms with E-state index in [0.717, 1.165) is 16.6 Å². The summed E-state index contributed by atoms with van der Waals surface area (Å²) >= 11 is 3.42. The fraction of sp³-hybridized carbons (Fsp3) is 0.462.